The van der Waals surface area contributed by atoms with E-state index in [9.17, 15) is 9.59 Å². The van der Waals surface area contributed by atoms with Crippen LogP contribution in [0.3, 0.4) is 0 Å². The number of hydrogen-bond acceptors (Lipinski definition) is 4. The van der Waals surface area contributed by atoms with Crippen LogP contribution in [0.4, 0.5) is 0 Å². The molecule has 1 aromatic heterocycles. The molecule has 0 bridgehead atoms. The Morgan fingerprint density at radius 1 is 1.45 bits per heavy atom. The van der Waals surface area contributed by atoms with Gasteiger partial charge in [-0.25, -0.2) is 4.98 Å². The second-order valence-corrected chi connectivity index (χ2v) is 4.36. The number of aromatic nitrogens is 2. The lowest BCUT2D eigenvalue weighted by Gasteiger charge is -2.06. The van der Waals surface area contributed by atoms with Gasteiger partial charge in [0.1, 0.15) is 5.82 Å². The molecule has 0 unspecified atom stereocenters. The fourth-order valence-corrected chi connectivity index (χ4v) is 1.72. The van der Waals surface area contributed by atoms with E-state index in [0.717, 1.165) is 0 Å². The van der Waals surface area contributed by atoms with Crippen molar-refractivity contribution >= 4 is 5.91 Å². The molecule has 0 fully saturated rings. The first-order valence-electron chi connectivity index (χ1n) is 6.13. The van der Waals surface area contributed by atoms with Gasteiger partial charge in [-0.2, -0.15) is 0 Å². The van der Waals surface area contributed by atoms with Crippen LogP contribution in [0, 0.1) is 6.92 Å². The highest BCUT2D eigenvalue weighted by Gasteiger charge is 2.07. The number of H-pyrrole nitrogens is 1. The first-order valence-corrected chi connectivity index (χ1v) is 6.13. The van der Waals surface area contributed by atoms with Crippen LogP contribution in [-0.4, -0.2) is 21.0 Å². The number of aliphatic hydroxyl groups excluding tert-OH is 1. The summed E-state index contributed by atoms with van der Waals surface area (Å²) in [6, 6.07) is 6.67. The number of benzene rings is 1. The molecule has 6 heteroatoms. The number of nitrogens with one attached hydrogen (secondary N) is 2. The van der Waals surface area contributed by atoms with Gasteiger partial charge in [-0.1, -0.05) is 12.1 Å². The molecular formula is C14H15N3O3. The minimum Gasteiger partial charge on any atom is -0.392 e. The lowest BCUT2D eigenvalue weighted by molar-refractivity contribution is 0.0950. The monoisotopic (exact) mass is 273 g/mol. The molecule has 0 radical (unpaired) electrons. The smallest absolute Gasteiger partial charge is 0.255 e. The molecular weight excluding hydrogens is 258 g/mol. The van der Waals surface area contributed by atoms with Crippen LogP contribution in [-0.2, 0) is 13.2 Å². The van der Waals surface area contributed by atoms with E-state index in [1.807, 2.05) is 0 Å². The minimum atomic E-state index is -0.305. The Bertz CT molecular complexity index is 679. The van der Waals surface area contributed by atoms with Gasteiger partial charge in [-0.15, -0.1) is 0 Å². The number of nitrogens with zero attached hydrogens (tertiary/aromatic N) is 1. The lowest BCUT2D eigenvalue weighted by Crippen LogP contribution is -2.27. The van der Waals surface area contributed by atoms with Crippen LogP contribution in [0.5, 0.6) is 0 Å². The Hall–Kier alpha value is -2.47. The first kappa shape index (κ1) is 14.0. The van der Waals surface area contributed by atoms with E-state index >= 15 is 0 Å². The fourth-order valence-electron chi connectivity index (χ4n) is 1.72. The molecule has 1 heterocycles. The number of carbonyl (C=O) groups excluding carboxylic acids is 1. The van der Waals surface area contributed by atoms with Gasteiger partial charge in [-0.05, 0) is 24.6 Å². The molecule has 6 nitrogen and oxygen atoms in total. The van der Waals surface area contributed by atoms with Gasteiger partial charge < -0.3 is 15.4 Å². The molecule has 0 spiro atoms. The Labute approximate surface area is 115 Å². The molecule has 0 saturated heterocycles. The zero-order valence-corrected chi connectivity index (χ0v) is 11.0. The van der Waals surface area contributed by atoms with E-state index < -0.39 is 0 Å². The number of hydrogen-bond donors (Lipinski definition) is 3. The van der Waals surface area contributed by atoms with Crippen LogP contribution in [0.25, 0.3) is 0 Å². The molecule has 20 heavy (non-hydrogen) atoms. The van der Waals surface area contributed by atoms with E-state index in [2.05, 4.69) is 15.3 Å². The van der Waals surface area contributed by atoms with Crippen molar-refractivity contribution in [3.63, 3.8) is 0 Å². The molecule has 1 aromatic carbocycles. The highest BCUT2D eigenvalue weighted by Crippen LogP contribution is 2.05. The van der Waals surface area contributed by atoms with Gasteiger partial charge in [0.2, 0.25) is 0 Å². The van der Waals surface area contributed by atoms with Crippen LogP contribution in [0.2, 0.25) is 0 Å². The van der Waals surface area contributed by atoms with Crippen molar-refractivity contribution in [2.75, 3.05) is 0 Å². The van der Waals surface area contributed by atoms with Gasteiger partial charge in [0, 0.05) is 11.8 Å². The fraction of sp³-hybridized carbons (Fsp3) is 0.214. The molecule has 3 N–H and O–H groups in total. The maximum absolute atomic E-state index is 11.9. The molecule has 2 rings (SSSR count). The summed E-state index contributed by atoms with van der Waals surface area (Å²) in [6.07, 6.45) is 1.44. The Kier molecular flexibility index (Phi) is 4.27. The summed E-state index contributed by atoms with van der Waals surface area (Å²) in [5.74, 6) is 0.223. The van der Waals surface area contributed by atoms with Crippen LogP contribution in [0.1, 0.15) is 27.3 Å². The second-order valence-electron chi connectivity index (χ2n) is 4.36. The molecule has 104 valence electrons. The van der Waals surface area contributed by atoms with E-state index in [4.69, 9.17) is 5.11 Å². The molecule has 1 amide bonds. The predicted octanol–water partition coefficient (Wildman–Crippen LogP) is 0.501. The number of aromatic amines is 1. The van der Waals surface area contributed by atoms with Crippen molar-refractivity contribution in [2.45, 2.75) is 20.1 Å². The van der Waals surface area contributed by atoms with Crippen molar-refractivity contribution in [3.8, 4) is 0 Å². The third-order valence-corrected chi connectivity index (χ3v) is 2.81. The summed E-state index contributed by atoms with van der Waals surface area (Å²) in [6.45, 7) is 1.66. The first-order chi connectivity index (χ1) is 9.60. The highest BCUT2D eigenvalue weighted by atomic mass is 16.3. The van der Waals surface area contributed by atoms with Crippen molar-refractivity contribution in [3.05, 3.63) is 63.3 Å². The summed E-state index contributed by atoms with van der Waals surface area (Å²) in [5, 5.41) is 11.7. The topological polar surface area (TPSA) is 95.1 Å². The van der Waals surface area contributed by atoms with Crippen molar-refractivity contribution < 1.29 is 9.90 Å². The molecule has 0 aliphatic rings. The van der Waals surface area contributed by atoms with E-state index in [-0.39, 0.29) is 24.6 Å². The summed E-state index contributed by atoms with van der Waals surface area (Å²) >= 11 is 0. The number of amides is 1. The van der Waals surface area contributed by atoms with Gasteiger partial charge in [0.15, 0.2) is 0 Å². The summed E-state index contributed by atoms with van der Waals surface area (Å²) in [4.78, 5) is 30.1. The molecule has 0 aliphatic carbocycles. The second kappa shape index (κ2) is 6.12. The van der Waals surface area contributed by atoms with Crippen molar-refractivity contribution in [1.82, 2.24) is 15.3 Å². The maximum atomic E-state index is 11.9. The average molecular weight is 273 g/mol. The number of carbonyl (C=O) groups is 1. The average Bonchev–Trinajstić information content (AvgIpc) is 2.46. The van der Waals surface area contributed by atoms with Crippen LogP contribution in [0.15, 0.2) is 35.3 Å². The Balaban J connectivity index is 2.06. The summed E-state index contributed by atoms with van der Waals surface area (Å²) in [5.41, 5.74) is 1.23. The largest absolute Gasteiger partial charge is 0.392 e. The van der Waals surface area contributed by atoms with Crippen LogP contribution < -0.4 is 10.9 Å². The molecule has 0 saturated carbocycles. The molecule has 0 atom stereocenters. The lowest BCUT2D eigenvalue weighted by atomic mass is 10.1. The van der Waals surface area contributed by atoms with Crippen LogP contribution >= 0.6 is 0 Å². The van der Waals surface area contributed by atoms with Gasteiger partial charge in [-0.3, -0.25) is 9.59 Å². The van der Waals surface area contributed by atoms with Gasteiger partial charge in [0.25, 0.3) is 11.5 Å². The summed E-state index contributed by atoms with van der Waals surface area (Å²) in [7, 11) is 0. The molecule has 2 aromatic rings. The number of aryl methyl sites for hydroxylation is 1. The van der Waals surface area contributed by atoms with E-state index in [1.165, 1.54) is 6.20 Å². The number of rotatable bonds is 4. The van der Waals surface area contributed by atoms with E-state index in [0.29, 0.717) is 22.5 Å². The third kappa shape index (κ3) is 3.30. The number of aliphatic hydroxyl groups is 1. The summed E-state index contributed by atoms with van der Waals surface area (Å²) < 4.78 is 0. The quantitative estimate of drug-likeness (QED) is 0.756. The predicted molar refractivity (Wildman–Crippen MR) is 73.1 cm³/mol. The van der Waals surface area contributed by atoms with Crippen molar-refractivity contribution in [1.29, 1.82) is 0 Å². The standard InChI is InChI=1S/C14H15N3O3/c1-9-15-6-12(14(20)17-9)7-16-13(19)11-4-2-3-10(5-11)8-18/h2-6,18H,7-8H2,1H3,(H,16,19)(H,15,17,20). The molecule has 0 aliphatic heterocycles. The van der Waals surface area contributed by atoms with Gasteiger partial charge >= 0.3 is 0 Å². The SMILES string of the molecule is Cc1ncc(CNC(=O)c2cccc(CO)c2)c(=O)[nH]1. The normalized spacial score (nSPS) is 10.3. The van der Waals surface area contributed by atoms with Gasteiger partial charge in [0.05, 0.1) is 18.7 Å². The van der Waals surface area contributed by atoms with E-state index in [1.54, 1.807) is 31.2 Å². The zero-order chi connectivity index (χ0) is 14.5. The Morgan fingerprint density at radius 2 is 2.25 bits per heavy atom. The third-order valence-electron chi connectivity index (χ3n) is 2.81. The minimum absolute atomic E-state index is 0.102. The Morgan fingerprint density at radius 3 is 2.95 bits per heavy atom. The highest BCUT2D eigenvalue weighted by molar-refractivity contribution is 5.94. The van der Waals surface area contributed by atoms with Crippen molar-refractivity contribution in [2.24, 2.45) is 0 Å². The maximum Gasteiger partial charge on any atom is 0.255 e. The zero-order valence-electron chi connectivity index (χ0n) is 11.0.